The van der Waals surface area contributed by atoms with Crippen LogP contribution in [-0.2, 0) is 48.0 Å². The second-order valence-corrected chi connectivity index (χ2v) is 13.8. The Hall–Kier alpha value is -5.21. The van der Waals surface area contributed by atoms with Crippen molar-refractivity contribution in [2.45, 2.75) is 51.6 Å². The van der Waals surface area contributed by atoms with Crippen LogP contribution in [0.1, 0.15) is 43.6 Å². The Bertz CT molecular complexity index is 1790. The Morgan fingerprint density at radius 3 is 2.08 bits per heavy atom. The van der Waals surface area contributed by atoms with E-state index in [0.717, 1.165) is 31.5 Å². The third-order valence-corrected chi connectivity index (χ3v) is 9.58. The number of carboxylic acids is 1. The summed E-state index contributed by atoms with van der Waals surface area (Å²) < 4.78 is 19.5. The highest BCUT2D eigenvalue weighted by molar-refractivity contribution is 5.80. The van der Waals surface area contributed by atoms with Crippen LogP contribution < -0.4 is 33.3 Å². The van der Waals surface area contributed by atoms with Gasteiger partial charge in [0.1, 0.15) is 19.2 Å². The first-order valence-corrected chi connectivity index (χ1v) is 19.8. The zero-order valence-corrected chi connectivity index (χ0v) is 34.4. The van der Waals surface area contributed by atoms with Crippen LogP contribution in [0.2, 0.25) is 0 Å². The molecule has 0 saturated carbocycles. The molecule has 2 fully saturated rings. The Kier molecular flexibility index (Phi) is 19.4. The molecule has 2 aliphatic heterocycles. The van der Waals surface area contributed by atoms with Crippen molar-refractivity contribution in [1.29, 1.82) is 0 Å². The average molecular weight is 846 g/mol. The summed E-state index contributed by atoms with van der Waals surface area (Å²) in [5.41, 5.74) is 5.27. The summed E-state index contributed by atoms with van der Waals surface area (Å²) >= 11 is 0. The van der Waals surface area contributed by atoms with Crippen molar-refractivity contribution in [3.05, 3.63) is 23.8 Å². The molecule has 5 rings (SSSR count). The summed E-state index contributed by atoms with van der Waals surface area (Å²) in [5, 5.41) is 28.7. The van der Waals surface area contributed by atoms with Crippen molar-refractivity contribution in [2.24, 2.45) is 0 Å². The lowest BCUT2D eigenvalue weighted by Crippen LogP contribution is -3.00. The number of carbonyl (C=O) groups is 3. The van der Waals surface area contributed by atoms with Gasteiger partial charge in [0.05, 0.1) is 57.4 Å². The number of rotatable bonds is 24. The molecule has 59 heavy (non-hydrogen) atoms. The number of nitrogens with zero attached hydrogens (tertiary/aromatic N) is 13. The fraction of sp³-hybridized carbons (Fsp3) is 0.667. The fourth-order valence-electron chi connectivity index (χ4n) is 6.29. The monoisotopic (exact) mass is 845 g/mol. The van der Waals surface area contributed by atoms with Crippen LogP contribution in [0.15, 0.2) is 12.4 Å². The third kappa shape index (κ3) is 14.8. The van der Waals surface area contributed by atoms with E-state index in [1.165, 1.54) is 4.68 Å². The number of unbranched alkanes of at least 4 members (excludes halogenated alkanes) is 1. The lowest BCUT2D eigenvalue weighted by atomic mass is 10.2. The first-order valence-electron chi connectivity index (χ1n) is 19.8. The fourth-order valence-corrected chi connectivity index (χ4v) is 6.29. The van der Waals surface area contributed by atoms with Gasteiger partial charge >= 0.3 is 5.97 Å². The maximum Gasteiger partial charge on any atom is 0.303 e. The number of ether oxygens (including phenoxy) is 3. The van der Waals surface area contributed by atoms with Gasteiger partial charge in [-0.1, -0.05) is 16.3 Å². The molecule has 0 bridgehead atoms. The number of halogens is 1. The number of carboxylic acid groups (broad SMARTS) is 1. The molecule has 1 atom stereocenters. The predicted molar refractivity (Wildman–Crippen MR) is 209 cm³/mol. The number of quaternary nitrogens is 1. The zero-order valence-electron chi connectivity index (χ0n) is 33.7. The quantitative estimate of drug-likeness (QED) is 0.0564. The maximum atomic E-state index is 13.4. The van der Waals surface area contributed by atoms with Crippen LogP contribution in [0.5, 0.6) is 0 Å². The van der Waals surface area contributed by atoms with Crippen molar-refractivity contribution < 1.29 is 51.8 Å². The molecule has 5 heterocycles. The summed E-state index contributed by atoms with van der Waals surface area (Å²) in [6.07, 6.45) is 11.6. The average Bonchev–Trinajstić information content (AvgIpc) is 3.91. The minimum absolute atomic E-state index is 0. The summed E-state index contributed by atoms with van der Waals surface area (Å²) in [4.78, 5) is 59.6. The summed E-state index contributed by atoms with van der Waals surface area (Å²) in [7, 11) is 0. The van der Waals surface area contributed by atoms with E-state index in [4.69, 9.17) is 40.7 Å². The normalized spacial score (nSPS) is 14.8. The third-order valence-electron chi connectivity index (χ3n) is 9.58. The molecule has 0 aliphatic carbocycles. The molecule has 2 amide bonds. The molecular formula is C36H56ClN15O7. The number of aryl methyl sites for hydroxylation is 2. The molecule has 2 aliphatic rings. The molecule has 0 aromatic carbocycles. The molecule has 0 radical (unpaired) electrons. The lowest BCUT2D eigenvalue weighted by Gasteiger charge is -2.37. The molecule has 0 unspecified atom stereocenters. The van der Waals surface area contributed by atoms with Gasteiger partial charge in [0.2, 0.25) is 29.7 Å². The Labute approximate surface area is 349 Å². The van der Waals surface area contributed by atoms with Crippen LogP contribution in [-0.4, -0.2) is 183 Å². The number of piperazine rings is 2. The standard InChI is InChI=1S/C36H55N15O7.ClH/c1-3-19-56-21-23-58-24-22-57-20-10-38-34-39-35(48-15-11-46(12-16-48)31(52)27-50-25-29(42-44-50)6-4-5-9-37)41-36(40-34)49-17-13-47(14-18-49)33(55)28(2)51-26-30(43-45-51)7-8-32(53)54;/h1,25-26,28H,4-24,27,37H2,2H3,(H,53,54)(H,38,39,40,41);1H/t28-;/m0./s1. The smallest absolute Gasteiger partial charge is 0.303 e. The van der Waals surface area contributed by atoms with Crippen LogP contribution in [0.25, 0.3) is 0 Å². The number of carbonyl (C=O) groups excluding carboxylic acids is 2. The zero-order chi connectivity index (χ0) is 41.1. The largest absolute Gasteiger partial charge is 1.00 e. The topological polar surface area (TPSA) is 252 Å². The summed E-state index contributed by atoms with van der Waals surface area (Å²) in [6.45, 7) is 9.42. The number of aromatic nitrogens is 9. The van der Waals surface area contributed by atoms with Crippen LogP contribution >= 0.6 is 0 Å². The first-order chi connectivity index (χ1) is 28.2. The van der Waals surface area contributed by atoms with Gasteiger partial charge in [-0.25, -0.2) is 9.36 Å². The van der Waals surface area contributed by atoms with Gasteiger partial charge < -0.3 is 62.4 Å². The van der Waals surface area contributed by atoms with Crippen LogP contribution in [0.3, 0.4) is 0 Å². The van der Waals surface area contributed by atoms with Crippen molar-refractivity contribution in [2.75, 3.05) is 120 Å². The lowest BCUT2D eigenvalue weighted by molar-refractivity contribution is -0.368. The molecule has 2 saturated heterocycles. The van der Waals surface area contributed by atoms with E-state index in [1.54, 1.807) is 22.7 Å². The van der Waals surface area contributed by atoms with Gasteiger partial charge in [-0.15, -0.1) is 16.6 Å². The first kappa shape index (κ1) is 46.5. The van der Waals surface area contributed by atoms with Gasteiger partial charge in [-0.3, -0.25) is 14.4 Å². The van der Waals surface area contributed by atoms with E-state index in [9.17, 15) is 14.4 Å². The van der Waals surface area contributed by atoms with E-state index in [0.29, 0.717) is 115 Å². The van der Waals surface area contributed by atoms with Gasteiger partial charge in [0, 0.05) is 77.7 Å². The van der Waals surface area contributed by atoms with E-state index in [1.807, 2.05) is 20.9 Å². The Balaban J connectivity index is 0.00000769. The SMILES string of the molecule is C#CCOCCOCCOCCNc1nc(N2CCN(C(=O)Cn3cc(CCCC[NH3+])nn3)CC2)nc(N2CCN(C(=O)[C@H](C)n3cc(CCC(=O)O)nn3)CC2)n1.[Cl-]. The van der Waals surface area contributed by atoms with Crippen molar-refractivity contribution in [3.63, 3.8) is 0 Å². The summed E-state index contributed by atoms with van der Waals surface area (Å²) in [6, 6.07) is -0.605. The van der Waals surface area contributed by atoms with Gasteiger partial charge in [0.25, 0.3) is 0 Å². The van der Waals surface area contributed by atoms with Gasteiger partial charge in [-0.05, 0) is 26.2 Å². The highest BCUT2D eigenvalue weighted by Gasteiger charge is 2.29. The van der Waals surface area contributed by atoms with Gasteiger partial charge in [0.15, 0.2) is 0 Å². The second kappa shape index (κ2) is 24.7. The Morgan fingerprint density at radius 2 is 1.44 bits per heavy atom. The minimum Gasteiger partial charge on any atom is -1.00 e. The molecule has 22 nitrogen and oxygen atoms in total. The number of terminal acetylenes is 1. The van der Waals surface area contributed by atoms with Crippen molar-refractivity contribution in [1.82, 2.24) is 54.7 Å². The molecule has 23 heteroatoms. The molecule has 0 spiro atoms. The highest BCUT2D eigenvalue weighted by atomic mass is 35.5. The number of nitrogens with one attached hydrogen (secondary N) is 1. The van der Waals surface area contributed by atoms with Crippen molar-refractivity contribution >= 4 is 35.6 Å². The summed E-state index contributed by atoms with van der Waals surface area (Å²) in [5.74, 6) is 2.70. The van der Waals surface area contributed by atoms with Gasteiger partial charge in [-0.2, -0.15) is 15.0 Å². The van der Waals surface area contributed by atoms with E-state index in [-0.39, 0.29) is 50.2 Å². The van der Waals surface area contributed by atoms with Crippen LogP contribution in [0, 0.1) is 12.3 Å². The molecular weight excluding hydrogens is 790 g/mol. The number of aliphatic carboxylic acids is 1. The maximum absolute atomic E-state index is 13.4. The van der Waals surface area contributed by atoms with E-state index >= 15 is 0 Å². The molecule has 324 valence electrons. The Morgan fingerprint density at radius 1 is 0.831 bits per heavy atom. The highest BCUT2D eigenvalue weighted by Crippen LogP contribution is 2.21. The van der Waals surface area contributed by atoms with Crippen molar-refractivity contribution in [3.8, 4) is 12.3 Å². The molecule has 3 aromatic rings. The second-order valence-electron chi connectivity index (χ2n) is 13.8. The van der Waals surface area contributed by atoms with E-state index in [2.05, 4.69) is 37.6 Å². The minimum atomic E-state index is -0.921. The number of amides is 2. The molecule has 3 aromatic heterocycles. The molecule has 5 N–H and O–H groups in total. The number of anilines is 3. The van der Waals surface area contributed by atoms with Crippen LogP contribution in [0.4, 0.5) is 17.8 Å². The van der Waals surface area contributed by atoms with E-state index < -0.39 is 12.0 Å². The predicted octanol–water partition coefficient (Wildman–Crippen LogP) is -5.01. The number of hydrogen-bond donors (Lipinski definition) is 3. The number of hydrogen-bond acceptors (Lipinski definition) is 16.